The molecule has 0 atom stereocenters. The highest BCUT2D eigenvalue weighted by molar-refractivity contribution is 5.81. The number of rotatable bonds is 8. The molecule has 5 nitrogen and oxygen atoms in total. The van der Waals surface area contributed by atoms with Gasteiger partial charge in [0.05, 0.1) is 11.4 Å². The summed E-state index contributed by atoms with van der Waals surface area (Å²) in [4.78, 5) is 24.4. The van der Waals surface area contributed by atoms with E-state index in [2.05, 4.69) is 120 Å². The van der Waals surface area contributed by atoms with E-state index in [1.54, 1.807) is 6.20 Å². The van der Waals surface area contributed by atoms with Crippen LogP contribution in [0.3, 0.4) is 0 Å². The molecule has 0 radical (unpaired) electrons. The van der Waals surface area contributed by atoms with Crippen LogP contribution in [-0.4, -0.2) is 24.9 Å². The van der Waals surface area contributed by atoms with Crippen LogP contribution in [0.25, 0.3) is 90.1 Å². The lowest BCUT2D eigenvalue weighted by molar-refractivity contribution is 1.07. The first-order valence-corrected chi connectivity index (χ1v) is 17.9. The standard InChI is InChI=1S/C49H33N5/c1-4-14-34(15-5-1)45-31-44(40-23-10-22-39(28-40)43-26-13-27-50-33-43)32-46(51-45)41-24-11-20-37(29-41)38-21-12-25-42(30-38)49-53-47(35-16-6-2-7-17-35)52-48(54-49)36-18-8-3-9-19-36/h1-33H. The summed E-state index contributed by atoms with van der Waals surface area (Å²) in [5.41, 5.74) is 13.2. The van der Waals surface area contributed by atoms with Crippen molar-refractivity contribution in [1.29, 1.82) is 0 Å². The minimum absolute atomic E-state index is 0.621. The second-order valence-electron chi connectivity index (χ2n) is 13.0. The van der Waals surface area contributed by atoms with Crippen LogP contribution < -0.4 is 0 Å². The Kier molecular flexibility index (Phi) is 8.86. The molecule has 0 amide bonds. The van der Waals surface area contributed by atoms with E-state index in [1.165, 1.54) is 0 Å². The fraction of sp³-hybridized carbons (Fsp3) is 0. The molecule has 0 aliphatic heterocycles. The molecule has 0 aliphatic carbocycles. The van der Waals surface area contributed by atoms with Gasteiger partial charge in [0, 0.05) is 45.8 Å². The summed E-state index contributed by atoms with van der Waals surface area (Å²) < 4.78 is 0. The fourth-order valence-electron chi connectivity index (χ4n) is 6.65. The Morgan fingerprint density at radius 1 is 0.241 bits per heavy atom. The molecule has 5 heteroatoms. The van der Waals surface area contributed by atoms with E-state index < -0.39 is 0 Å². The normalized spacial score (nSPS) is 11.0. The van der Waals surface area contributed by atoms with Gasteiger partial charge in [-0.05, 0) is 64.2 Å². The molecule has 0 saturated heterocycles. The maximum absolute atomic E-state index is 5.22. The smallest absolute Gasteiger partial charge is 0.164 e. The van der Waals surface area contributed by atoms with Crippen LogP contribution in [0.1, 0.15) is 0 Å². The van der Waals surface area contributed by atoms with Gasteiger partial charge in [-0.2, -0.15) is 0 Å². The Bertz CT molecular complexity index is 2640. The maximum atomic E-state index is 5.22. The van der Waals surface area contributed by atoms with Gasteiger partial charge in [0.2, 0.25) is 0 Å². The monoisotopic (exact) mass is 691 g/mol. The molecular weight excluding hydrogens is 659 g/mol. The molecular formula is C49H33N5. The van der Waals surface area contributed by atoms with Crippen molar-refractivity contribution in [3.05, 3.63) is 200 Å². The maximum Gasteiger partial charge on any atom is 0.164 e. The van der Waals surface area contributed by atoms with Crippen molar-refractivity contribution in [2.45, 2.75) is 0 Å². The van der Waals surface area contributed by atoms with Crippen LogP contribution in [0.5, 0.6) is 0 Å². The number of benzene rings is 6. The molecule has 0 bridgehead atoms. The second-order valence-corrected chi connectivity index (χ2v) is 13.0. The Morgan fingerprint density at radius 3 is 1.19 bits per heavy atom. The lowest BCUT2D eigenvalue weighted by Crippen LogP contribution is -2.00. The number of nitrogens with zero attached hydrogens (tertiary/aromatic N) is 5. The molecule has 6 aromatic carbocycles. The molecule has 254 valence electrons. The Labute approximate surface area is 314 Å². The Morgan fingerprint density at radius 2 is 0.630 bits per heavy atom. The summed E-state index contributed by atoms with van der Waals surface area (Å²) in [5.74, 6) is 1.90. The lowest BCUT2D eigenvalue weighted by atomic mass is 9.96. The predicted molar refractivity (Wildman–Crippen MR) is 219 cm³/mol. The molecule has 0 fully saturated rings. The van der Waals surface area contributed by atoms with Gasteiger partial charge in [0.25, 0.3) is 0 Å². The number of hydrogen-bond donors (Lipinski definition) is 0. The lowest BCUT2D eigenvalue weighted by Gasteiger charge is -2.13. The van der Waals surface area contributed by atoms with Crippen LogP contribution in [0.2, 0.25) is 0 Å². The van der Waals surface area contributed by atoms with Crippen molar-refractivity contribution in [1.82, 2.24) is 24.9 Å². The van der Waals surface area contributed by atoms with Crippen LogP contribution in [0.4, 0.5) is 0 Å². The fourth-order valence-corrected chi connectivity index (χ4v) is 6.65. The average Bonchev–Trinajstić information content (AvgIpc) is 3.27. The summed E-state index contributed by atoms with van der Waals surface area (Å²) in [7, 11) is 0. The minimum Gasteiger partial charge on any atom is -0.264 e. The third kappa shape index (κ3) is 6.94. The van der Waals surface area contributed by atoms with Gasteiger partial charge in [-0.3, -0.25) is 4.98 Å². The first kappa shape index (κ1) is 32.5. The van der Waals surface area contributed by atoms with Crippen LogP contribution >= 0.6 is 0 Å². The quantitative estimate of drug-likeness (QED) is 0.159. The molecule has 0 spiro atoms. The van der Waals surface area contributed by atoms with E-state index in [9.17, 15) is 0 Å². The highest BCUT2D eigenvalue weighted by atomic mass is 15.0. The number of aromatic nitrogens is 5. The van der Waals surface area contributed by atoms with Crippen molar-refractivity contribution in [2.75, 3.05) is 0 Å². The zero-order chi connectivity index (χ0) is 36.1. The van der Waals surface area contributed by atoms with Gasteiger partial charge in [0.1, 0.15) is 0 Å². The van der Waals surface area contributed by atoms with E-state index in [-0.39, 0.29) is 0 Å². The van der Waals surface area contributed by atoms with Gasteiger partial charge in [-0.1, -0.05) is 152 Å². The highest BCUT2D eigenvalue weighted by Crippen LogP contribution is 2.35. The van der Waals surface area contributed by atoms with Gasteiger partial charge in [-0.25, -0.2) is 19.9 Å². The molecule has 0 N–H and O–H groups in total. The molecule has 9 aromatic rings. The SMILES string of the molecule is c1ccc(-c2cc(-c3cccc(-c4cccnc4)c3)cc(-c3cccc(-c4cccc(-c5nc(-c6ccccc6)nc(-c6ccccc6)n5)c4)c3)n2)cc1. The molecule has 0 aliphatic rings. The molecule has 0 unspecified atom stereocenters. The topological polar surface area (TPSA) is 64.5 Å². The summed E-state index contributed by atoms with van der Waals surface area (Å²) in [6.07, 6.45) is 3.70. The molecule has 9 rings (SSSR count). The summed E-state index contributed by atoms with van der Waals surface area (Å²) in [6.45, 7) is 0. The second kappa shape index (κ2) is 14.7. The van der Waals surface area contributed by atoms with Crippen molar-refractivity contribution >= 4 is 0 Å². The van der Waals surface area contributed by atoms with Crippen molar-refractivity contribution in [2.24, 2.45) is 0 Å². The van der Waals surface area contributed by atoms with Crippen molar-refractivity contribution < 1.29 is 0 Å². The molecule has 3 aromatic heterocycles. The zero-order valence-electron chi connectivity index (χ0n) is 29.3. The summed E-state index contributed by atoms with van der Waals surface area (Å²) >= 11 is 0. The van der Waals surface area contributed by atoms with E-state index in [1.807, 2.05) is 79.0 Å². The zero-order valence-corrected chi connectivity index (χ0v) is 29.3. The van der Waals surface area contributed by atoms with Gasteiger partial charge < -0.3 is 0 Å². The number of pyridine rings is 2. The molecule has 54 heavy (non-hydrogen) atoms. The summed E-state index contributed by atoms with van der Waals surface area (Å²) in [5, 5.41) is 0. The van der Waals surface area contributed by atoms with Crippen LogP contribution in [-0.2, 0) is 0 Å². The van der Waals surface area contributed by atoms with E-state index in [0.29, 0.717) is 17.5 Å². The Balaban J connectivity index is 1.12. The van der Waals surface area contributed by atoms with Crippen molar-refractivity contribution in [3.63, 3.8) is 0 Å². The minimum atomic E-state index is 0.621. The Hall–Kier alpha value is -7.37. The van der Waals surface area contributed by atoms with Crippen LogP contribution in [0.15, 0.2) is 200 Å². The third-order valence-electron chi connectivity index (χ3n) is 9.40. The van der Waals surface area contributed by atoms with E-state index in [0.717, 1.165) is 72.6 Å². The largest absolute Gasteiger partial charge is 0.264 e. The van der Waals surface area contributed by atoms with E-state index in [4.69, 9.17) is 19.9 Å². The average molecular weight is 692 g/mol. The molecule has 0 saturated carbocycles. The van der Waals surface area contributed by atoms with Crippen LogP contribution in [0, 0.1) is 0 Å². The van der Waals surface area contributed by atoms with Gasteiger partial charge in [-0.15, -0.1) is 0 Å². The highest BCUT2D eigenvalue weighted by Gasteiger charge is 2.14. The molecule has 3 heterocycles. The summed E-state index contributed by atoms with van der Waals surface area (Å²) in [6, 6.07) is 64.5. The van der Waals surface area contributed by atoms with Gasteiger partial charge in [0.15, 0.2) is 17.5 Å². The third-order valence-corrected chi connectivity index (χ3v) is 9.40. The number of hydrogen-bond acceptors (Lipinski definition) is 5. The first-order valence-electron chi connectivity index (χ1n) is 17.9. The predicted octanol–water partition coefficient (Wildman–Crippen LogP) is 12.0. The van der Waals surface area contributed by atoms with E-state index >= 15 is 0 Å². The first-order chi connectivity index (χ1) is 26.7. The van der Waals surface area contributed by atoms with Crippen molar-refractivity contribution in [3.8, 4) is 90.1 Å². The van der Waals surface area contributed by atoms with Gasteiger partial charge >= 0.3 is 0 Å².